The molecule has 0 bridgehead atoms. The van der Waals surface area contributed by atoms with Crippen LogP contribution in [0, 0.1) is 5.41 Å². The number of thiol groups is 1. The lowest BCUT2D eigenvalue weighted by Gasteiger charge is -2.14. The summed E-state index contributed by atoms with van der Waals surface area (Å²) in [6.45, 7) is 5.98. The van der Waals surface area contributed by atoms with E-state index in [0.717, 1.165) is 0 Å². The minimum absolute atomic E-state index is 0.0740. The molecule has 0 aliphatic rings. The predicted octanol–water partition coefficient (Wildman–Crippen LogP) is 0.576. The first kappa shape index (κ1) is 8.91. The van der Waals surface area contributed by atoms with E-state index < -0.39 is 11.0 Å². The van der Waals surface area contributed by atoms with Crippen LogP contribution in [0.25, 0.3) is 0 Å². The number of hydrogen-bond donors (Lipinski definition) is 1. The minimum Gasteiger partial charge on any atom is -0.272 e. The van der Waals surface area contributed by atoms with Crippen LogP contribution in [0.3, 0.4) is 0 Å². The Hall–Kier alpha value is -0.0900. The molecule has 0 aromatic rings. The van der Waals surface area contributed by atoms with E-state index in [0.29, 0.717) is 0 Å². The highest BCUT2D eigenvalue weighted by Gasteiger charge is 2.09. The SMILES string of the molecule is CC(C)(C)CO[SH](=O)=O. The Balaban J connectivity index is 3.52. The molecule has 0 saturated carbocycles. The fourth-order valence-corrected chi connectivity index (χ4v) is 0.739. The summed E-state index contributed by atoms with van der Waals surface area (Å²) in [4.78, 5) is 0. The van der Waals surface area contributed by atoms with Crippen molar-refractivity contribution in [3.63, 3.8) is 0 Å². The molecular formula is C5H12O3S. The van der Waals surface area contributed by atoms with E-state index in [1.165, 1.54) is 0 Å². The molecule has 0 unspecified atom stereocenters. The summed E-state index contributed by atoms with van der Waals surface area (Å²) >= 11 is 0. The summed E-state index contributed by atoms with van der Waals surface area (Å²) in [5, 5.41) is 0. The fraction of sp³-hybridized carbons (Fsp3) is 1.00. The van der Waals surface area contributed by atoms with E-state index in [9.17, 15) is 8.42 Å². The van der Waals surface area contributed by atoms with E-state index >= 15 is 0 Å². The van der Waals surface area contributed by atoms with Crippen LogP contribution in [-0.2, 0) is 15.2 Å². The van der Waals surface area contributed by atoms with E-state index in [1.54, 1.807) is 0 Å². The molecule has 0 spiro atoms. The molecule has 0 atom stereocenters. The van der Waals surface area contributed by atoms with Crippen molar-refractivity contribution in [1.29, 1.82) is 0 Å². The topological polar surface area (TPSA) is 43.4 Å². The molecule has 0 aliphatic heterocycles. The standard InChI is InChI=1S/C5H12O3S/c1-5(2,3)4-8-9(6)7/h9H,4H2,1-3H3. The Labute approximate surface area is 57.2 Å². The smallest absolute Gasteiger partial charge is 0.257 e. The lowest BCUT2D eigenvalue weighted by molar-refractivity contribution is 0.211. The first-order valence-electron chi connectivity index (χ1n) is 2.69. The van der Waals surface area contributed by atoms with Crippen LogP contribution in [0.2, 0.25) is 0 Å². The Morgan fingerprint density at radius 1 is 1.33 bits per heavy atom. The van der Waals surface area contributed by atoms with Gasteiger partial charge in [-0.05, 0) is 5.41 Å². The van der Waals surface area contributed by atoms with Crippen LogP contribution in [0.15, 0.2) is 0 Å². The van der Waals surface area contributed by atoms with E-state index in [1.807, 2.05) is 20.8 Å². The van der Waals surface area contributed by atoms with Gasteiger partial charge in [-0.2, -0.15) is 0 Å². The van der Waals surface area contributed by atoms with Crippen molar-refractivity contribution in [2.75, 3.05) is 6.61 Å². The molecule has 56 valence electrons. The van der Waals surface area contributed by atoms with Crippen LogP contribution in [0.5, 0.6) is 0 Å². The second-order valence-electron chi connectivity index (χ2n) is 3.06. The molecular weight excluding hydrogens is 140 g/mol. The zero-order valence-corrected chi connectivity index (χ0v) is 6.77. The minimum atomic E-state index is -2.66. The van der Waals surface area contributed by atoms with Crippen LogP contribution < -0.4 is 0 Å². The third-order valence-corrected chi connectivity index (χ3v) is 0.943. The molecule has 4 heteroatoms. The second kappa shape index (κ2) is 3.17. The highest BCUT2D eigenvalue weighted by Crippen LogP contribution is 2.12. The summed E-state index contributed by atoms with van der Waals surface area (Å²) < 4.78 is 24.1. The molecule has 0 aliphatic carbocycles. The van der Waals surface area contributed by atoms with Gasteiger partial charge in [0.15, 0.2) is 0 Å². The lowest BCUT2D eigenvalue weighted by Crippen LogP contribution is -2.13. The first-order chi connectivity index (χ1) is 3.92. The molecule has 0 heterocycles. The largest absolute Gasteiger partial charge is 0.272 e. The van der Waals surface area contributed by atoms with Crippen molar-refractivity contribution in [3.05, 3.63) is 0 Å². The number of hydrogen-bond acceptors (Lipinski definition) is 3. The van der Waals surface area contributed by atoms with Crippen molar-refractivity contribution >= 4 is 11.0 Å². The summed E-state index contributed by atoms with van der Waals surface area (Å²) in [6, 6.07) is 0. The van der Waals surface area contributed by atoms with Crippen molar-refractivity contribution in [2.45, 2.75) is 20.8 Å². The van der Waals surface area contributed by atoms with Gasteiger partial charge in [-0.3, -0.25) is 4.18 Å². The van der Waals surface area contributed by atoms with Gasteiger partial charge in [0.25, 0.3) is 11.0 Å². The summed E-state index contributed by atoms with van der Waals surface area (Å²) in [7, 11) is -2.66. The molecule has 0 N–H and O–H groups in total. The lowest BCUT2D eigenvalue weighted by atomic mass is 9.99. The summed E-state index contributed by atoms with van der Waals surface area (Å²) in [5.41, 5.74) is -0.0740. The highest BCUT2D eigenvalue weighted by atomic mass is 32.2. The van der Waals surface area contributed by atoms with Gasteiger partial charge in [0.1, 0.15) is 0 Å². The van der Waals surface area contributed by atoms with Gasteiger partial charge in [-0.1, -0.05) is 20.8 Å². The third kappa shape index (κ3) is 7.91. The first-order valence-corrected chi connectivity index (χ1v) is 3.79. The molecule has 0 rings (SSSR count). The van der Waals surface area contributed by atoms with Gasteiger partial charge < -0.3 is 0 Å². The van der Waals surface area contributed by atoms with Crippen LogP contribution in [0.4, 0.5) is 0 Å². The van der Waals surface area contributed by atoms with E-state index in [4.69, 9.17) is 0 Å². The van der Waals surface area contributed by atoms with Crippen LogP contribution >= 0.6 is 0 Å². The molecule has 0 saturated heterocycles. The van der Waals surface area contributed by atoms with E-state index in [-0.39, 0.29) is 12.0 Å². The molecule has 0 radical (unpaired) electrons. The molecule has 0 amide bonds. The summed E-state index contributed by atoms with van der Waals surface area (Å²) in [6.07, 6.45) is 0. The third-order valence-electron chi connectivity index (χ3n) is 0.603. The average molecular weight is 152 g/mol. The normalized spacial score (nSPS) is 12.4. The highest BCUT2D eigenvalue weighted by molar-refractivity contribution is 7.67. The molecule has 0 aromatic heterocycles. The van der Waals surface area contributed by atoms with Gasteiger partial charge in [0.05, 0.1) is 6.61 Å². The second-order valence-corrected chi connectivity index (χ2v) is 3.76. The van der Waals surface area contributed by atoms with E-state index in [2.05, 4.69) is 4.18 Å². The Morgan fingerprint density at radius 2 is 1.78 bits per heavy atom. The Bertz CT molecular complexity index is 135. The fourth-order valence-electron chi connectivity index (χ4n) is 0.246. The van der Waals surface area contributed by atoms with Crippen LogP contribution in [-0.4, -0.2) is 15.0 Å². The van der Waals surface area contributed by atoms with Gasteiger partial charge in [0.2, 0.25) is 0 Å². The monoisotopic (exact) mass is 152 g/mol. The molecule has 3 nitrogen and oxygen atoms in total. The number of rotatable bonds is 2. The van der Waals surface area contributed by atoms with Crippen molar-refractivity contribution in [1.82, 2.24) is 0 Å². The summed E-state index contributed by atoms with van der Waals surface area (Å²) in [5.74, 6) is 0. The van der Waals surface area contributed by atoms with Gasteiger partial charge >= 0.3 is 0 Å². The predicted molar refractivity (Wildman–Crippen MR) is 35.7 cm³/mol. The Morgan fingerprint density at radius 3 is 1.89 bits per heavy atom. The van der Waals surface area contributed by atoms with Gasteiger partial charge in [0, 0.05) is 0 Å². The van der Waals surface area contributed by atoms with Gasteiger partial charge in [-0.25, -0.2) is 8.42 Å². The van der Waals surface area contributed by atoms with Crippen molar-refractivity contribution < 1.29 is 12.6 Å². The van der Waals surface area contributed by atoms with Crippen LogP contribution in [0.1, 0.15) is 20.8 Å². The van der Waals surface area contributed by atoms with Crippen molar-refractivity contribution in [3.8, 4) is 0 Å². The average Bonchev–Trinajstić information content (AvgIpc) is 1.59. The van der Waals surface area contributed by atoms with Gasteiger partial charge in [-0.15, -0.1) is 0 Å². The zero-order chi connectivity index (χ0) is 7.49. The maximum absolute atomic E-state index is 9.86. The van der Waals surface area contributed by atoms with Crippen molar-refractivity contribution in [2.24, 2.45) is 5.41 Å². The molecule has 0 fully saturated rings. The maximum Gasteiger partial charge on any atom is 0.257 e. The Kier molecular flexibility index (Phi) is 3.14. The molecule has 9 heavy (non-hydrogen) atoms. The quantitative estimate of drug-likeness (QED) is 0.588. The zero-order valence-electron chi connectivity index (χ0n) is 5.88. The maximum atomic E-state index is 9.86. The molecule has 0 aromatic carbocycles.